The number of imidazole rings is 1. The topological polar surface area (TPSA) is 114 Å². The van der Waals surface area contributed by atoms with Crippen molar-refractivity contribution in [2.24, 2.45) is 14.1 Å². The zero-order valence-electron chi connectivity index (χ0n) is 13.3. The number of aliphatic hydroxyl groups excluding tert-OH is 1. The third-order valence-corrected chi connectivity index (χ3v) is 4.35. The van der Waals surface area contributed by atoms with Gasteiger partial charge in [0.1, 0.15) is 5.60 Å². The first-order chi connectivity index (χ1) is 10.3. The summed E-state index contributed by atoms with van der Waals surface area (Å²) in [6.07, 6.45) is 0.841. The Balaban J connectivity index is 0.00000144. The SMILES string of the molecule is Cl.Cl.Cn1c(=O)c2c(ncn2C[C@]2(O)CCNC[C@H]2O)n(C)c1=O. The molecule has 0 aromatic carbocycles. The number of β-amino-alcohol motifs (C(OH)–C–C–N with tert-alkyl or cyclic N) is 1. The molecule has 11 heteroatoms. The van der Waals surface area contributed by atoms with Gasteiger partial charge in [0, 0.05) is 20.6 Å². The van der Waals surface area contributed by atoms with Crippen molar-refractivity contribution < 1.29 is 10.2 Å². The van der Waals surface area contributed by atoms with Crippen LogP contribution in [0.15, 0.2) is 15.9 Å². The maximum atomic E-state index is 12.3. The van der Waals surface area contributed by atoms with Crippen LogP contribution in [0.2, 0.25) is 0 Å². The van der Waals surface area contributed by atoms with Crippen molar-refractivity contribution in [3.63, 3.8) is 0 Å². The Morgan fingerprint density at radius 3 is 2.62 bits per heavy atom. The Bertz CT molecular complexity index is 845. The average Bonchev–Trinajstić information content (AvgIpc) is 2.89. The maximum absolute atomic E-state index is 12.3. The zero-order chi connectivity index (χ0) is 16.1. The van der Waals surface area contributed by atoms with Crippen molar-refractivity contribution in [2.75, 3.05) is 13.1 Å². The minimum Gasteiger partial charge on any atom is -0.389 e. The van der Waals surface area contributed by atoms with Gasteiger partial charge in [-0.05, 0) is 13.0 Å². The van der Waals surface area contributed by atoms with Gasteiger partial charge in [-0.3, -0.25) is 13.9 Å². The van der Waals surface area contributed by atoms with Crippen LogP contribution in [0.25, 0.3) is 11.2 Å². The first kappa shape index (κ1) is 20.7. The Morgan fingerprint density at radius 1 is 1.33 bits per heavy atom. The summed E-state index contributed by atoms with van der Waals surface area (Å²) in [5, 5.41) is 23.7. The van der Waals surface area contributed by atoms with Gasteiger partial charge in [0.25, 0.3) is 5.56 Å². The summed E-state index contributed by atoms with van der Waals surface area (Å²) < 4.78 is 3.80. The Hall–Kier alpha value is -1.39. The van der Waals surface area contributed by atoms with E-state index in [1.807, 2.05) is 0 Å². The van der Waals surface area contributed by atoms with Gasteiger partial charge in [0.2, 0.25) is 0 Å². The number of fused-ring (bicyclic) bond motifs is 1. The van der Waals surface area contributed by atoms with E-state index in [9.17, 15) is 19.8 Å². The molecule has 2 aromatic heterocycles. The number of aromatic nitrogens is 4. The molecule has 0 aliphatic carbocycles. The van der Waals surface area contributed by atoms with E-state index in [-0.39, 0.29) is 42.5 Å². The van der Waals surface area contributed by atoms with E-state index in [0.29, 0.717) is 19.5 Å². The molecule has 1 fully saturated rings. The van der Waals surface area contributed by atoms with Gasteiger partial charge >= 0.3 is 5.69 Å². The summed E-state index contributed by atoms with van der Waals surface area (Å²) in [5.74, 6) is 0. The van der Waals surface area contributed by atoms with Crippen molar-refractivity contribution in [3.05, 3.63) is 27.2 Å². The fourth-order valence-electron chi connectivity index (χ4n) is 2.90. The van der Waals surface area contributed by atoms with Crippen molar-refractivity contribution in [1.29, 1.82) is 0 Å². The molecule has 0 bridgehead atoms. The van der Waals surface area contributed by atoms with Crippen molar-refractivity contribution in [1.82, 2.24) is 24.0 Å². The molecule has 0 spiro atoms. The van der Waals surface area contributed by atoms with Gasteiger partial charge in [0.15, 0.2) is 11.2 Å². The van der Waals surface area contributed by atoms with Gasteiger partial charge in [-0.25, -0.2) is 9.78 Å². The van der Waals surface area contributed by atoms with Gasteiger partial charge in [-0.2, -0.15) is 0 Å². The lowest BCUT2D eigenvalue weighted by molar-refractivity contribution is -0.101. The predicted molar refractivity (Wildman–Crippen MR) is 93.2 cm³/mol. The van der Waals surface area contributed by atoms with E-state index in [1.54, 1.807) is 0 Å². The quantitative estimate of drug-likeness (QED) is 0.574. The van der Waals surface area contributed by atoms with E-state index < -0.39 is 23.0 Å². The molecule has 136 valence electrons. The molecular weight excluding hydrogens is 361 g/mol. The molecule has 2 aromatic rings. The predicted octanol–water partition coefficient (Wildman–Crippen LogP) is -1.64. The minimum absolute atomic E-state index is 0. The smallest absolute Gasteiger partial charge is 0.332 e. The number of nitrogens with zero attached hydrogens (tertiary/aromatic N) is 4. The molecule has 1 aliphatic rings. The molecule has 24 heavy (non-hydrogen) atoms. The molecule has 0 saturated carbocycles. The summed E-state index contributed by atoms with van der Waals surface area (Å²) in [4.78, 5) is 28.3. The van der Waals surface area contributed by atoms with Crippen LogP contribution in [-0.4, -0.2) is 53.7 Å². The summed E-state index contributed by atoms with van der Waals surface area (Å²) in [6.45, 7) is 0.913. The number of piperidine rings is 1. The van der Waals surface area contributed by atoms with Crippen molar-refractivity contribution in [2.45, 2.75) is 24.7 Å². The summed E-state index contributed by atoms with van der Waals surface area (Å²) in [6, 6.07) is 0. The maximum Gasteiger partial charge on any atom is 0.332 e. The second kappa shape index (κ2) is 7.24. The monoisotopic (exact) mass is 381 g/mol. The molecule has 0 radical (unpaired) electrons. The fourth-order valence-corrected chi connectivity index (χ4v) is 2.90. The van der Waals surface area contributed by atoms with Crippen LogP contribution in [0.3, 0.4) is 0 Å². The lowest BCUT2D eigenvalue weighted by Crippen LogP contribution is -2.56. The first-order valence-electron chi connectivity index (χ1n) is 7.07. The van der Waals surface area contributed by atoms with Crippen LogP contribution < -0.4 is 16.6 Å². The van der Waals surface area contributed by atoms with Crippen LogP contribution in [0.5, 0.6) is 0 Å². The molecule has 3 heterocycles. The number of hydrogen-bond acceptors (Lipinski definition) is 6. The van der Waals surface area contributed by atoms with Crippen LogP contribution in [-0.2, 0) is 20.6 Å². The van der Waals surface area contributed by atoms with Gasteiger partial charge < -0.3 is 20.1 Å². The normalized spacial score (nSPS) is 23.6. The fraction of sp³-hybridized carbons (Fsp3) is 0.615. The Kier molecular flexibility index (Phi) is 6.23. The highest BCUT2D eigenvalue weighted by atomic mass is 35.5. The van der Waals surface area contributed by atoms with E-state index in [4.69, 9.17) is 0 Å². The molecule has 1 aliphatic heterocycles. The number of hydrogen-bond donors (Lipinski definition) is 3. The molecular formula is C13H21Cl2N5O4. The van der Waals surface area contributed by atoms with Gasteiger partial charge in [0.05, 0.1) is 19.0 Å². The van der Waals surface area contributed by atoms with Crippen molar-refractivity contribution in [3.8, 4) is 0 Å². The molecule has 3 N–H and O–H groups in total. The highest BCUT2D eigenvalue weighted by molar-refractivity contribution is 5.85. The number of aliphatic hydroxyl groups is 2. The lowest BCUT2D eigenvalue weighted by Gasteiger charge is -2.37. The van der Waals surface area contributed by atoms with E-state index >= 15 is 0 Å². The zero-order valence-corrected chi connectivity index (χ0v) is 14.9. The minimum atomic E-state index is -1.33. The van der Waals surface area contributed by atoms with E-state index in [2.05, 4.69) is 10.3 Å². The highest BCUT2D eigenvalue weighted by Crippen LogP contribution is 2.22. The second-order valence-electron chi connectivity index (χ2n) is 5.82. The van der Waals surface area contributed by atoms with Crippen LogP contribution in [0, 0.1) is 0 Å². The third-order valence-electron chi connectivity index (χ3n) is 4.35. The van der Waals surface area contributed by atoms with Gasteiger partial charge in [-0.15, -0.1) is 24.8 Å². The Labute approximate surface area is 149 Å². The molecule has 0 amide bonds. The lowest BCUT2D eigenvalue weighted by atomic mass is 9.89. The van der Waals surface area contributed by atoms with Crippen molar-refractivity contribution >= 4 is 36.0 Å². The molecule has 2 atom stereocenters. The highest BCUT2D eigenvalue weighted by Gasteiger charge is 2.38. The van der Waals surface area contributed by atoms with E-state index in [0.717, 1.165) is 4.57 Å². The van der Waals surface area contributed by atoms with Crippen LogP contribution in [0.1, 0.15) is 6.42 Å². The number of rotatable bonds is 2. The number of halogens is 2. The van der Waals surface area contributed by atoms with Crippen LogP contribution >= 0.6 is 24.8 Å². The van der Waals surface area contributed by atoms with Crippen LogP contribution in [0.4, 0.5) is 0 Å². The summed E-state index contributed by atoms with van der Waals surface area (Å²) in [5.41, 5.74) is -1.76. The second-order valence-corrected chi connectivity index (χ2v) is 5.82. The molecule has 9 nitrogen and oxygen atoms in total. The Morgan fingerprint density at radius 2 is 2.00 bits per heavy atom. The molecule has 3 rings (SSSR count). The first-order valence-corrected chi connectivity index (χ1v) is 7.07. The van der Waals surface area contributed by atoms with Gasteiger partial charge in [-0.1, -0.05) is 0 Å². The third kappa shape index (κ3) is 3.09. The van der Waals surface area contributed by atoms with E-state index in [1.165, 1.54) is 29.6 Å². The average molecular weight is 382 g/mol. The largest absolute Gasteiger partial charge is 0.389 e. The number of aryl methyl sites for hydroxylation is 1. The standard InChI is InChI=1S/C13H19N5O4.2ClH/c1-16-10-9(11(20)17(2)12(16)21)18(7-15-10)6-13(22)3-4-14-5-8(13)19;;/h7-8,14,19,22H,3-6H2,1-2H3;2*1H/t8-,13-;;/m1../s1. The molecule has 0 unspecified atom stereocenters. The summed E-state index contributed by atoms with van der Waals surface area (Å²) in [7, 11) is 2.94. The number of nitrogens with one attached hydrogen (secondary N) is 1. The summed E-state index contributed by atoms with van der Waals surface area (Å²) >= 11 is 0. The molecule has 1 saturated heterocycles.